The predicted octanol–water partition coefficient (Wildman–Crippen LogP) is 2.31. The van der Waals surface area contributed by atoms with Gasteiger partial charge in [0.25, 0.3) is 5.91 Å². The molecular formula is C17H23FN4O. The number of hydrogen-bond acceptors (Lipinski definition) is 3. The molecule has 23 heavy (non-hydrogen) atoms. The first-order chi connectivity index (χ1) is 10.9. The van der Waals surface area contributed by atoms with Crippen molar-refractivity contribution in [1.82, 2.24) is 20.0 Å². The van der Waals surface area contributed by atoms with Crippen LogP contribution >= 0.6 is 0 Å². The summed E-state index contributed by atoms with van der Waals surface area (Å²) in [5.74, 6) is -0.416. The van der Waals surface area contributed by atoms with E-state index >= 15 is 0 Å². The molecule has 0 saturated carbocycles. The number of halogens is 1. The molecule has 0 spiro atoms. The highest BCUT2D eigenvalue weighted by atomic mass is 19.1. The number of nitrogens with zero attached hydrogens (tertiary/aromatic N) is 3. The van der Waals surface area contributed by atoms with Crippen LogP contribution < -0.4 is 5.32 Å². The normalized spacial score (nSPS) is 11.0. The van der Waals surface area contributed by atoms with Gasteiger partial charge < -0.3 is 10.2 Å². The van der Waals surface area contributed by atoms with Crippen LogP contribution in [0.1, 0.15) is 28.2 Å². The van der Waals surface area contributed by atoms with Crippen molar-refractivity contribution in [2.75, 3.05) is 27.2 Å². The van der Waals surface area contributed by atoms with E-state index in [9.17, 15) is 9.18 Å². The van der Waals surface area contributed by atoms with Gasteiger partial charge in [0.05, 0.1) is 22.6 Å². The van der Waals surface area contributed by atoms with E-state index in [4.69, 9.17) is 0 Å². The van der Waals surface area contributed by atoms with Gasteiger partial charge in [-0.1, -0.05) is 0 Å². The fourth-order valence-corrected chi connectivity index (χ4v) is 2.49. The summed E-state index contributed by atoms with van der Waals surface area (Å²) < 4.78 is 14.7. The monoisotopic (exact) mass is 318 g/mol. The highest BCUT2D eigenvalue weighted by Crippen LogP contribution is 2.18. The van der Waals surface area contributed by atoms with Crippen LogP contribution in [0.5, 0.6) is 0 Å². The Hall–Kier alpha value is -2.21. The van der Waals surface area contributed by atoms with Crippen LogP contribution in [-0.2, 0) is 0 Å². The van der Waals surface area contributed by atoms with Gasteiger partial charge >= 0.3 is 0 Å². The summed E-state index contributed by atoms with van der Waals surface area (Å²) in [6, 6.07) is 6.06. The zero-order valence-corrected chi connectivity index (χ0v) is 14.1. The Morgan fingerprint density at radius 3 is 2.52 bits per heavy atom. The summed E-state index contributed by atoms with van der Waals surface area (Å²) in [5, 5.41) is 7.34. The van der Waals surface area contributed by atoms with Gasteiger partial charge in [-0.15, -0.1) is 0 Å². The molecule has 1 amide bonds. The predicted molar refractivity (Wildman–Crippen MR) is 88.5 cm³/mol. The third kappa shape index (κ3) is 4.16. The molecule has 0 aliphatic carbocycles. The van der Waals surface area contributed by atoms with Crippen LogP contribution in [0.15, 0.2) is 24.3 Å². The molecule has 6 heteroatoms. The average molecular weight is 318 g/mol. The van der Waals surface area contributed by atoms with Gasteiger partial charge in [-0.3, -0.25) is 4.79 Å². The van der Waals surface area contributed by atoms with E-state index in [0.717, 1.165) is 24.3 Å². The van der Waals surface area contributed by atoms with Crippen molar-refractivity contribution >= 4 is 5.91 Å². The summed E-state index contributed by atoms with van der Waals surface area (Å²) in [4.78, 5) is 14.5. The Bertz CT molecular complexity index is 677. The summed E-state index contributed by atoms with van der Waals surface area (Å²) >= 11 is 0. The second-order valence-corrected chi connectivity index (χ2v) is 5.85. The van der Waals surface area contributed by atoms with Crippen molar-refractivity contribution in [2.45, 2.75) is 20.3 Å². The van der Waals surface area contributed by atoms with Crippen molar-refractivity contribution in [2.24, 2.45) is 0 Å². The lowest BCUT2D eigenvalue weighted by molar-refractivity contribution is 0.0951. The molecule has 1 heterocycles. The number of carbonyl (C=O) groups is 1. The van der Waals surface area contributed by atoms with E-state index in [1.54, 1.807) is 16.8 Å². The largest absolute Gasteiger partial charge is 0.352 e. The molecule has 1 aromatic heterocycles. The van der Waals surface area contributed by atoms with Crippen LogP contribution in [0.25, 0.3) is 5.69 Å². The second-order valence-electron chi connectivity index (χ2n) is 5.85. The van der Waals surface area contributed by atoms with E-state index < -0.39 is 0 Å². The molecule has 0 bridgehead atoms. The number of aryl methyl sites for hydroxylation is 1. The van der Waals surface area contributed by atoms with Crippen LogP contribution in [0, 0.1) is 19.7 Å². The maximum atomic E-state index is 13.0. The molecule has 0 unspecified atom stereocenters. The standard InChI is InChI=1S/C17H23FN4O/c1-12-16(17(23)19-10-5-11-21(3)4)13(2)22(20-12)15-8-6-14(18)7-9-15/h6-9H,5,10-11H2,1-4H3,(H,19,23). The van der Waals surface area contributed by atoms with Crippen LogP contribution in [0.2, 0.25) is 0 Å². The zero-order chi connectivity index (χ0) is 17.0. The van der Waals surface area contributed by atoms with Gasteiger partial charge in [-0.05, 0) is 65.2 Å². The number of amides is 1. The molecule has 1 aromatic carbocycles. The molecule has 0 atom stereocenters. The third-order valence-electron chi connectivity index (χ3n) is 3.66. The van der Waals surface area contributed by atoms with E-state index in [0.29, 0.717) is 17.8 Å². The molecule has 2 rings (SSSR count). The maximum Gasteiger partial charge on any atom is 0.255 e. The summed E-state index contributed by atoms with van der Waals surface area (Å²) in [6.45, 7) is 5.20. The lowest BCUT2D eigenvalue weighted by Crippen LogP contribution is -2.27. The molecule has 0 saturated heterocycles. The van der Waals surface area contributed by atoms with E-state index in [1.165, 1.54) is 12.1 Å². The van der Waals surface area contributed by atoms with Crippen molar-refractivity contribution < 1.29 is 9.18 Å². The van der Waals surface area contributed by atoms with Crippen LogP contribution in [0.3, 0.4) is 0 Å². The smallest absolute Gasteiger partial charge is 0.255 e. The van der Waals surface area contributed by atoms with Crippen molar-refractivity contribution in [3.63, 3.8) is 0 Å². The molecule has 0 aliphatic heterocycles. The highest BCUT2D eigenvalue weighted by Gasteiger charge is 2.19. The average Bonchev–Trinajstić information content (AvgIpc) is 2.79. The summed E-state index contributed by atoms with van der Waals surface area (Å²) in [5.41, 5.74) is 2.73. The van der Waals surface area contributed by atoms with Gasteiger partial charge in [0.2, 0.25) is 0 Å². The Labute approximate surface area is 136 Å². The van der Waals surface area contributed by atoms with E-state index in [1.807, 2.05) is 27.9 Å². The quantitative estimate of drug-likeness (QED) is 0.832. The number of nitrogens with one attached hydrogen (secondary N) is 1. The second kappa shape index (κ2) is 7.37. The molecule has 0 aliphatic rings. The Balaban J connectivity index is 2.14. The molecule has 5 nitrogen and oxygen atoms in total. The first-order valence-electron chi connectivity index (χ1n) is 7.65. The first kappa shape index (κ1) is 17.1. The fourth-order valence-electron chi connectivity index (χ4n) is 2.49. The first-order valence-corrected chi connectivity index (χ1v) is 7.65. The number of carbonyl (C=O) groups excluding carboxylic acids is 1. The van der Waals surface area contributed by atoms with Gasteiger partial charge in [-0.2, -0.15) is 5.10 Å². The SMILES string of the molecule is Cc1nn(-c2ccc(F)cc2)c(C)c1C(=O)NCCCN(C)C. The summed E-state index contributed by atoms with van der Waals surface area (Å²) in [7, 11) is 4.01. The third-order valence-corrected chi connectivity index (χ3v) is 3.66. The summed E-state index contributed by atoms with van der Waals surface area (Å²) in [6.07, 6.45) is 0.892. The minimum absolute atomic E-state index is 0.118. The minimum Gasteiger partial charge on any atom is -0.352 e. The lowest BCUT2D eigenvalue weighted by Gasteiger charge is -2.10. The topological polar surface area (TPSA) is 50.2 Å². The van der Waals surface area contributed by atoms with Crippen molar-refractivity contribution in [1.29, 1.82) is 0 Å². The molecule has 2 aromatic rings. The van der Waals surface area contributed by atoms with Gasteiger partial charge in [0.15, 0.2) is 0 Å². The Morgan fingerprint density at radius 2 is 1.91 bits per heavy atom. The number of rotatable bonds is 6. The Morgan fingerprint density at radius 1 is 1.26 bits per heavy atom. The van der Waals surface area contributed by atoms with Gasteiger partial charge in [-0.25, -0.2) is 9.07 Å². The van der Waals surface area contributed by atoms with Crippen molar-refractivity contribution in [3.05, 3.63) is 47.0 Å². The molecule has 1 N–H and O–H groups in total. The molecule has 0 radical (unpaired) electrons. The lowest BCUT2D eigenvalue weighted by atomic mass is 10.2. The van der Waals surface area contributed by atoms with Crippen LogP contribution in [0.4, 0.5) is 4.39 Å². The molecule has 0 fully saturated rings. The number of benzene rings is 1. The van der Waals surface area contributed by atoms with Crippen LogP contribution in [-0.4, -0.2) is 47.8 Å². The number of aromatic nitrogens is 2. The molecule has 124 valence electrons. The van der Waals surface area contributed by atoms with Crippen molar-refractivity contribution in [3.8, 4) is 5.69 Å². The van der Waals surface area contributed by atoms with E-state index in [2.05, 4.69) is 15.3 Å². The Kier molecular flexibility index (Phi) is 5.50. The minimum atomic E-state index is -0.297. The fraction of sp³-hybridized carbons (Fsp3) is 0.412. The maximum absolute atomic E-state index is 13.0. The van der Waals surface area contributed by atoms with Gasteiger partial charge in [0.1, 0.15) is 5.82 Å². The highest BCUT2D eigenvalue weighted by molar-refractivity contribution is 5.96. The molecular weight excluding hydrogens is 295 g/mol. The zero-order valence-electron chi connectivity index (χ0n) is 14.1. The van der Waals surface area contributed by atoms with E-state index in [-0.39, 0.29) is 11.7 Å². The number of hydrogen-bond donors (Lipinski definition) is 1. The van der Waals surface area contributed by atoms with Gasteiger partial charge in [0, 0.05) is 6.54 Å².